The molecule has 0 atom stereocenters. The fraction of sp³-hybridized carbons (Fsp3) is 0.300. The van der Waals surface area contributed by atoms with E-state index in [4.69, 9.17) is 20.9 Å². The van der Waals surface area contributed by atoms with Crippen molar-refractivity contribution in [3.8, 4) is 11.4 Å². The first-order valence-electron chi connectivity index (χ1n) is 8.95. The van der Waals surface area contributed by atoms with Crippen molar-refractivity contribution in [1.82, 2.24) is 10.1 Å². The predicted molar refractivity (Wildman–Crippen MR) is 106 cm³/mol. The first-order chi connectivity index (χ1) is 13.2. The molecular formula is C20H21ClN4O2. The zero-order chi connectivity index (χ0) is 18.6. The van der Waals surface area contributed by atoms with Gasteiger partial charge in [0.2, 0.25) is 11.7 Å². The van der Waals surface area contributed by atoms with Crippen LogP contribution in [-0.2, 0) is 11.3 Å². The van der Waals surface area contributed by atoms with E-state index in [-0.39, 0.29) is 0 Å². The maximum atomic E-state index is 6.47. The van der Waals surface area contributed by atoms with E-state index in [1.807, 2.05) is 49.4 Å². The van der Waals surface area contributed by atoms with Crippen LogP contribution in [0.25, 0.3) is 11.4 Å². The lowest BCUT2D eigenvalue weighted by Gasteiger charge is -2.31. The Hall–Kier alpha value is -2.57. The molecule has 0 spiro atoms. The van der Waals surface area contributed by atoms with Gasteiger partial charge in [0, 0.05) is 18.7 Å². The summed E-state index contributed by atoms with van der Waals surface area (Å²) in [6.45, 7) is 5.51. The Bertz CT molecular complexity index is 905. The Morgan fingerprint density at radius 1 is 1.11 bits per heavy atom. The van der Waals surface area contributed by atoms with Crippen LogP contribution in [0.4, 0.5) is 11.4 Å². The molecule has 1 aliphatic rings. The molecule has 140 valence electrons. The number of halogens is 1. The summed E-state index contributed by atoms with van der Waals surface area (Å²) >= 11 is 6.47. The summed E-state index contributed by atoms with van der Waals surface area (Å²) in [5.41, 5.74) is 4.06. The van der Waals surface area contributed by atoms with Crippen LogP contribution in [0.15, 0.2) is 47.0 Å². The van der Waals surface area contributed by atoms with Crippen molar-refractivity contribution >= 4 is 23.0 Å². The van der Waals surface area contributed by atoms with Crippen LogP contribution in [0.1, 0.15) is 11.5 Å². The van der Waals surface area contributed by atoms with Gasteiger partial charge in [-0.2, -0.15) is 4.98 Å². The van der Waals surface area contributed by atoms with Gasteiger partial charge in [-0.1, -0.05) is 52.7 Å². The Labute approximate surface area is 163 Å². The van der Waals surface area contributed by atoms with Crippen molar-refractivity contribution in [3.05, 3.63) is 58.9 Å². The standard InChI is InChI=1S/C20H21ClN4O2/c1-14-5-7-15(8-6-14)20-23-18(27-24-20)13-22-17-4-2-3-16(21)19(17)25-9-11-26-12-10-25/h2-8,22H,9-13H2,1H3. The number of morpholine rings is 1. The zero-order valence-electron chi connectivity index (χ0n) is 15.1. The molecule has 0 unspecified atom stereocenters. The number of anilines is 2. The Morgan fingerprint density at radius 3 is 2.67 bits per heavy atom. The van der Waals surface area contributed by atoms with Crippen LogP contribution in [0.5, 0.6) is 0 Å². The number of aromatic nitrogens is 2. The highest BCUT2D eigenvalue weighted by Crippen LogP contribution is 2.34. The van der Waals surface area contributed by atoms with E-state index >= 15 is 0 Å². The Balaban J connectivity index is 1.49. The van der Waals surface area contributed by atoms with E-state index in [0.717, 1.165) is 30.0 Å². The third kappa shape index (κ3) is 4.07. The van der Waals surface area contributed by atoms with Crippen molar-refractivity contribution < 1.29 is 9.26 Å². The van der Waals surface area contributed by atoms with Crippen molar-refractivity contribution in [2.24, 2.45) is 0 Å². The van der Waals surface area contributed by atoms with Gasteiger partial charge in [-0.3, -0.25) is 0 Å². The van der Waals surface area contributed by atoms with E-state index in [1.54, 1.807) is 0 Å². The molecule has 1 saturated heterocycles. The molecule has 2 heterocycles. The van der Waals surface area contributed by atoms with Crippen LogP contribution < -0.4 is 10.2 Å². The monoisotopic (exact) mass is 384 g/mol. The lowest BCUT2D eigenvalue weighted by Crippen LogP contribution is -2.36. The van der Waals surface area contributed by atoms with Crippen molar-refractivity contribution in [3.63, 3.8) is 0 Å². The predicted octanol–water partition coefficient (Wildman–Crippen LogP) is 4.15. The summed E-state index contributed by atoms with van der Waals surface area (Å²) in [6.07, 6.45) is 0. The van der Waals surface area contributed by atoms with E-state index in [1.165, 1.54) is 5.56 Å². The van der Waals surface area contributed by atoms with Gasteiger partial charge in [0.1, 0.15) is 0 Å². The first-order valence-corrected chi connectivity index (χ1v) is 9.33. The zero-order valence-corrected chi connectivity index (χ0v) is 15.9. The third-order valence-electron chi connectivity index (χ3n) is 4.52. The molecule has 2 aromatic carbocycles. The molecule has 1 N–H and O–H groups in total. The summed E-state index contributed by atoms with van der Waals surface area (Å²) < 4.78 is 10.8. The van der Waals surface area contributed by atoms with Gasteiger partial charge in [-0.25, -0.2) is 0 Å². The van der Waals surface area contributed by atoms with Gasteiger partial charge in [0.15, 0.2) is 0 Å². The molecule has 1 aliphatic heterocycles. The minimum absolute atomic E-state index is 0.427. The van der Waals surface area contributed by atoms with Crippen LogP contribution in [0.3, 0.4) is 0 Å². The van der Waals surface area contributed by atoms with Gasteiger partial charge >= 0.3 is 0 Å². The molecule has 6 nitrogen and oxygen atoms in total. The smallest absolute Gasteiger partial charge is 0.246 e. The summed E-state index contributed by atoms with van der Waals surface area (Å²) in [6, 6.07) is 13.9. The van der Waals surface area contributed by atoms with E-state index < -0.39 is 0 Å². The molecule has 4 rings (SSSR count). The number of rotatable bonds is 5. The Kier molecular flexibility index (Phi) is 5.27. The molecule has 27 heavy (non-hydrogen) atoms. The van der Waals surface area contributed by atoms with Crippen LogP contribution in [0.2, 0.25) is 5.02 Å². The molecule has 3 aromatic rings. The van der Waals surface area contributed by atoms with E-state index in [2.05, 4.69) is 20.4 Å². The van der Waals surface area contributed by atoms with Gasteiger partial charge < -0.3 is 19.5 Å². The fourth-order valence-corrected chi connectivity index (χ4v) is 3.38. The summed E-state index contributed by atoms with van der Waals surface area (Å²) in [4.78, 5) is 6.72. The molecule has 0 bridgehead atoms. The summed E-state index contributed by atoms with van der Waals surface area (Å²) in [5.74, 6) is 1.12. The SMILES string of the molecule is Cc1ccc(-c2noc(CNc3cccc(Cl)c3N3CCOCC3)n2)cc1. The number of hydrogen-bond donors (Lipinski definition) is 1. The minimum atomic E-state index is 0.427. The number of aryl methyl sites for hydroxylation is 1. The maximum Gasteiger partial charge on any atom is 0.246 e. The molecule has 7 heteroatoms. The molecule has 0 amide bonds. The van der Waals surface area contributed by atoms with Crippen molar-refractivity contribution in [2.45, 2.75) is 13.5 Å². The quantitative estimate of drug-likeness (QED) is 0.713. The highest BCUT2D eigenvalue weighted by molar-refractivity contribution is 6.34. The largest absolute Gasteiger partial charge is 0.378 e. The van der Waals surface area contributed by atoms with Crippen LogP contribution >= 0.6 is 11.6 Å². The van der Waals surface area contributed by atoms with E-state index in [9.17, 15) is 0 Å². The topological polar surface area (TPSA) is 63.4 Å². The number of ether oxygens (including phenoxy) is 1. The number of para-hydroxylation sites is 1. The maximum absolute atomic E-state index is 6.47. The molecule has 1 fully saturated rings. The van der Waals surface area contributed by atoms with Gasteiger partial charge in [-0.15, -0.1) is 0 Å². The number of hydrogen-bond acceptors (Lipinski definition) is 6. The fourth-order valence-electron chi connectivity index (χ4n) is 3.08. The second-order valence-electron chi connectivity index (χ2n) is 6.47. The lowest BCUT2D eigenvalue weighted by atomic mass is 10.1. The normalized spacial score (nSPS) is 14.4. The molecule has 1 aromatic heterocycles. The molecule has 0 aliphatic carbocycles. The summed E-state index contributed by atoms with van der Waals surface area (Å²) in [7, 11) is 0. The van der Waals surface area contributed by atoms with Crippen LogP contribution in [0, 0.1) is 6.92 Å². The van der Waals surface area contributed by atoms with Gasteiger partial charge in [-0.05, 0) is 19.1 Å². The second-order valence-corrected chi connectivity index (χ2v) is 6.87. The number of nitrogens with zero attached hydrogens (tertiary/aromatic N) is 3. The van der Waals surface area contributed by atoms with Gasteiger partial charge in [0.25, 0.3) is 0 Å². The molecule has 0 radical (unpaired) electrons. The summed E-state index contributed by atoms with van der Waals surface area (Å²) in [5, 5.41) is 8.17. The van der Waals surface area contributed by atoms with Crippen molar-refractivity contribution in [2.75, 3.05) is 36.5 Å². The Morgan fingerprint density at radius 2 is 1.89 bits per heavy atom. The average molecular weight is 385 g/mol. The number of nitrogens with one attached hydrogen (secondary N) is 1. The van der Waals surface area contributed by atoms with Gasteiger partial charge in [0.05, 0.1) is 36.2 Å². The average Bonchev–Trinajstić information content (AvgIpc) is 3.17. The van der Waals surface area contributed by atoms with Crippen LogP contribution in [-0.4, -0.2) is 36.4 Å². The highest BCUT2D eigenvalue weighted by atomic mass is 35.5. The second kappa shape index (κ2) is 7.98. The minimum Gasteiger partial charge on any atom is -0.378 e. The highest BCUT2D eigenvalue weighted by Gasteiger charge is 2.18. The third-order valence-corrected chi connectivity index (χ3v) is 4.83. The number of benzene rings is 2. The first kappa shape index (κ1) is 17.8. The lowest BCUT2D eigenvalue weighted by molar-refractivity contribution is 0.123. The van der Waals surface area contributed by atoms with Crippen molar-refractivity contribution in [1.29, 1.82) is 0 Å². The molecular weight excluding hydrogens is 364 g/mol. The molecule has 0 saturated carbocycles. The van der Waals surface area contributed by atoms with E-state index in [0.29, 0.717) is 36.5 Å².